The molecule has 3 aromatic carbocycles. The lowest BCUT2D eigenvalue weighted by atomic mass is 9.79. The SMILES string of the molecule is CCCCNC(=O)[C@@H]1c2ccccc2C(=O)N(Cc2ccc(F)cc2)[C@H]1c1ccc(OC)cc1. The van der Waals surface area contributed by atoms with E-state index in [0.717, 1.165) is 29.5 Å². The second-order valence-electron chi connectivity index (χ2n) is 8.49. The molecule has 5 nitrogen and oxygen atoms in total. The number of carbonyl (C=O) groups excluding carboxylic acids is 2. The summed E-state index contributed by atoms with van der Waals surface area (Å²) in [6.07, 6.45) is 1.85. The zero-order valence-corrected chi connectivity index (χ0v) is 19.5. The zero-order valence-electron chi connectivity index (χ0n) is 19.5. The predicted molar refractivity (Wildman–Crippen MR) is 129 cm³/mol. The number of nitrogens with one attached hydrogen (secondary N) is 1. The lowest BCUT2D eigenvalue weighted by Gasteiger charge is -2.42. The molecule has 0 aliphatic carbocycles. The molecule has 2 amide bonds. The maximum Gasteiger partial charge on any atom is 0.255 e. The summed E-state index contributed by atoms with van der Waals surface area (Å²) in [7, 11) is 1.60. The summed E-state index contributed by atoms with van der Waals surface area (Å²) in [5.41, 5.74) is 2.86. The third-order valence-corrected chi connectivity index (χ3v) is 6.27. The molecule has 0 bridgehead atoms. The van der Waals surface area contributed by atoms with Crippen molar-refractivity contribution in [3.63, 3.8) is 0 Å². The fourth-order valence-corrected chi connectivity index (χ4v) is 4.51. The third-order valence-electron chi connectivity index (χ3n) is 6.27. The monoisotopic (exact) mass is 460 g/mol. The van der Waals surface area contributed by atoms with E-state index in [9.17, 15) is 14.0 Å². The van der Waals surface area contributed by atoms with E-state index < -0.39 is 12.0 Å². The van der Waals surface area contributed by atoms with Gasteiger partial charge in [-0.25, -0.2) is 4.39 Å². The summed E-state index contributed by atoms with van der Waals surface area (Å²) < 4.78 is 18.8. The van der Waals surface area contributed by atoms with Gasteiger partial charge >= 0.3 is 0 Å². The van der Waals surface area contributed by atoms with Crippen LogP contribution in [0.2, 0.25) is 0 Å². The minimum Gasteiger partial charge on any atom is -0.497 e. The van der Waals surface area contributed by atoms with Crippen molar-refractivity contribution in [3.8, 4) is 5.75 Å². The summed E-state index contributed by atoms with van der Waals surface area (Å²) in [5.74, 6) is -0.490. The number of hydrogen-bond acceptors (Lipinski definition) is 3. The van der Waals surface area contributed by atoms with E-state index in [1.54, 1.807) is 30.2 Å². The van der Waals surface area contributed by atoms with Crippen molar-refractivity contribution in [3.05, 3.63) is 101 Å². The number of methoxy groups -OCH3 is 1. The number of hydrogen-bond donors (Lipinski definition) is 1. The van der Waals surface area contributed by atoms with Crippen molar-refractivity contribution in [2.45, 2.75) is 38.3 Å². The molecule has 1 N–H and O–H groups in total. The summed E-state index contributed by atoms with van der Waals surface area (Å²) in [6.45, 7) is 2.91. The van der Waals surface area contributed by atoms with Crippen LogP contribution in [0.25, 0.3) is 0 Å². The number of ether oxygens (including phenoxy) is 1. The minimum atomic E-state index is -0.584. The Balaban J connectivity index is 1.82. The van der Waals surface area contributed by atoms with Crippen LogP contribution in [0.3, 0.4) is 0 Å². The number of amides is 2. The number of unbranched alkanes of at least 4 members (excludes halogenated alkanes) is 1. The molecular weight excluding hydrogens is 431 g/mol. The number of fused-ring (bicyclic) bond motifs is 1. The molecule has 0 unspecified atom stereocenters. The van der Waals surface area contributed by atoms with Crippen LogP contribution in [0.1, 0.15) is 58.8 Å². The van der Waals surface area contributed by atoms with E-state index in [-0.39, 0.29) is 24.2 Å². The molecule has 1 aliphatic rings. The number of halogens is 1. The maximum atomic E-state index is 13.7. The van der Waals surface area contributed by atoms with Gasteiger partial charge < -0.3 is 15.0 Å². The van der Waals surface area contributed by atoms with E-state index in [1.165, 1.54) is 12.1 Å². The first-order valence-electron chi connectivity index (χ1n) is 11.6. The van der Waals surface area contributed by atoms with Crippen LogP contribution in [0, 0.1) is 5.82 Å². The highest BCUT2D eigenvalue weighted by Gasteiger charge is 2.44. The molecule has 2 atom stereocenters. The lowest BCUT2D eigenvalue weighted by Crippen LogP contribution is -2.47. The molecular formula is C28H29FN2O3. The zero-order chi connectivity index (χ0) is 24.1. The van der Waals surface area contributed by atoms with Crippen molar-refractivity contribution in [1.29, 1.82) is 0 Å². The molecule has 1 aliphatic heterocycles. The Labute approximate surface area is 199 Å². The van der Waals surface area contributed by atoms with Gasteiger partial charge in [0.2, 0.25) is 5.91 Å². The Morgan fingerprint density at radius 2 is 1.74 bits per heavy atom. The summed E-state index contributed by atoms with van der Waals surface area (Å²) in [6, 6.07) is 20.4. The molecule has 0 spiro atoms. The number of rotatable bonds is 8. The normalized spacial score (nSPS) is 17.3. The van der Waals surface area contributed by atoms with Crippen LogP contribution in [0.15, 0.2) is 72.8 Å². The Kier molecular flexibility index (Phi) is 7.26. The predicted octanol–water partition coefficient (Wildman–Crippen LogP) is 5.23. The van der Waals surface area contributed by atoms with Crippen LogP contribution in [-0.4, -0.2) is 30.4 Å². The fourth-order valence-electron chi connectivity index (χ4n) is 4.51. The van der Waals surface area contributed by atoms with Crippen molar-refractivity contribution in [1.82, 2.24) is 10.2 Å². The first-order valence-corrected chi connectivity index (χ1v) is 11.6. The van der Waals surface area contributed by atoms with Gasteiger partial charge in [-0.1, -0.05) is 55.8 Å². The Morgan fingerprint density at radius 1 is 1.03 bits per heavy atom. The average molecular weight is 461 g/mol. The van der Waals surface area contributed by atoms with Crippen LogP contribution < -0.4 is 10.1 Å². The number of benzene rings is 3. The molecule has 176 valence electrons. The van der Waals surface area contributed by atoms with Crippen molar-refractivity contribution in [2.24, 2.45) is 0 Å². The van der Waals surface area contributed by atoms with Crippen molar-refractivity contribution in [2.75, 3.05) is 13.7 Å². The highest BCUT2D eigenvalue weighted by Crippen LogP contribution is 2.44. The molecule has 0 aromatic heterocycles. The Bertz CT molecular complexity index is 1150. The molecule has 4 rings (SSSR count). The standard InChI is InChI=1S/C28H29FN2O3/c1-3-4-17-30-27(32)25-23-7-5-6-8-24(23)28(33)31(18-19-9-13-21(29)14-10-19)26(25)20-11-15-22(34-2)16-12-20/h5-16,25-26H,3-4,17-18H2,1-2H3,(H,30,32)/t25-,26+/m1/s1. The van der Waals surface area contributed by atoms with Crippen molar-refractivity contribution < 1.29 is 18.7 Å². The molecule has 1 heterocycles. The third kappa shape index (κ3) is 4.81. The van der Waals surface area contributed by atoms with E-state index in [1.807, 2.05) is 42.5 Å². The molecule has 6 heteroatoms. The number of nitrogens with zero attached hydrogens (tertiary/aromatic N) is 1. The summed E-state index contributed by atoms with van der Waals surface area (Å²) in [4.78, 5) is 29.0. The topological polar surface area (TPSA) is 58.6 Å². The quantitative estimate of drug-likeness (QED) is 0.468. The second-order valence-corrected chi connectivity index (χ2v) is 8.49. The molecule has 0 fully saturated rings. The minimum absolute atomic E-state index is 0.113. The van der Waals surface area contributed by atoms with Crippen molar-refractivity contribution >= 4 is 11.8 Å². The largest absolute Gasteiger partial charge is 0.497 e. The first kappa shape index (κ1) is 23.5. The maximum absolute atomic E-state index is 13.7. The smallest absolute Gasteiger partial charge is 0.255 e. The highest BCUT2D eigenvalue weighted by atomic mass is 19.1. The first-order chi connectivity index (χ1) is 16.5. The average Bonchev–Trinajstić information content (AvgIpc) is 2.87. The van der Waals surface area contributed by atoms with Gasteiger partial charge in [-0.15, -0.1) is 0 Å². The van der Waals surface area contributed by atoms with E-state index >= 15 is 0 Å². The lowest BCUT2D eigenvalue weighted by molar-refractivity contribution is -0.124. The van der Waals surface area contributed by atoms with Gasteiger partial charge in [0.1, 0.15) is 11.6 Å². The van der Waals surface area contributed by atoms with Gasteiger partial charge in [-0.05, 0) is 53.4 Å². The molecule has 34 heavy (non-hydrogen) atoms. The fraction of sp³-hybridized carbons (Fsp3) is 0.286. The van der Waals surface area contributed by atoms with Gasteiger partial charge in [0, 0.05) is 18.7 Å². The molecule has 0 saturated heterocycles. The van der Waals surface area contributed by atoms with E-state index in [4.69, 9.17) is 4.74 Å². The van der Waals surface area contributed by atoms with Gasteiger partial charge in [-0.2, -0.15) is 0 Å². The van der Waals surface area contributed by atoms with Gasteiger partial charge in [-0.3, -0.25) is 9.59 Å². The summed E-state index contributed by atoms with van der Waals surface area (Å²) >= 11 is 0. The highest BCUT2D eigenvalue weighted by molar-refractivity contribution is 6.01. The second kappa shape index (κ2) is 10.5. The summed E-state index contributed by atoms with van der Waals surface area (Å²) in [5, 5.41) is 3.07. The van der Waals surface area contributed by atoms with Crippen LogP contribution >= 0.6 is 0 Å². The van der Waals surface area contributed by atoms with Gasteiger partial charge in [0.15, 0.2) is 0 Å². The van der Waals surface area contributed by atoms with Crippen LogP contribution in [-0.2, 0) is 11.3 Å². The number of carbonyl (C=O) groups is 2. The van der Waals surface area contributed by atoms with Crippen LogP contribution in [0.5, 0.6) is 5.75 Å². The van der Waals surface area contributed by atoms with Gasteiger partial charge in [0.05, 0.1) is 19.1 Å². The Morgan fingerprint density at radius 3 is 2.41 bits per heavy atom. The molecule has 3 aromatic rings. The molecule has 0 saturated carbocycles. The van der Waals surface area contributed by atoms with Gasteiger partial charge in [0.25, 0.3) is 5.91 Å². The van der Waals surface area contributed by atoms with E-state index in [0.29, 0.717) is 17.9 Å². The Hall–Kier alpha value is -3.67. The van der Waals surface area contributed by atoms with E-state index in [2.05, 4.69) is 12.2 Å². The molecule has 0 radical (unpaired) electrons. The van der Waals surface area contributed by atoms with Crippen LogP contribution in [0.4, 0.5) is 4.39 Å².